The Balaban J connectivity index is 1.53. The van der Waals surface area contributed by atoms with Gasteiger partial charge in [-0.3, -0.25) is 0 Å². The van der Waals surface area contributed by atoms with E-state index in [0.29, 0.717) is 6.10 Å². The summed E-state index contributed by atoms with van der Waals surface area (Å²) >= 11 is 0. The molecule has 0 aliphatic carbocycles. The van der Waals surface area contributed by atoms with Gasteiger partial charge in [-0.1, -0.05) is 18.2 Å². The van der Waals surface area contributed by atoms with Crippen LogP contribution in [-0.4, -0.2) is 32.3 Å². The summed E-state index contributed by atoms with van der Waals surface area (Å²) in [6.45, 7) is 5.29. The van der Waals surface area contributed by atoms with Crippen LogP contribution in [0.15, 0.2) is 24.3 Å². The van der Waals surface area contributed by atoms with Gasteiger partial charge < -0.3 is 15.0 Å². The molecule has 0 saturated carbocycles. The smallest absolute Gasteiger partial charge is 0.0699 e. The molecular formula is C17H26N2O. The SMILES string of the molecule is c1ccc(N2CCCC2)c(CNCC2CCCCO2)c1. The molecule has 1 aromatic carbocycles. The first kappa shape index (κ1) is 13.9. The van der Waals surface area contributed by atoms with Crippen molar-refractivity contribution in [2.45, 2.75) is 44.8 Å². The maximum atomic E-state index is 5.77. The minimum Gasteiger partial charge on any atom is -0.377 e. The molecule has 110 valence electrons. The molecule has 2 saturated heterocycles. The third-order valence-electron chi connectivity index (χ3n) is 4.40. The van der Waals surface area contributed by atoms with Gasteiger partial charge in [0.25, 0.3) is 0 Å². The van der Waals surface area contributed by atoms with Crippen LogP contribution >= 0.6 is 0 Å². The summed E-state index contributed by atoms with van der Waals surface area (Å²) in [6, 6.07) is 8.82. The number of ether oxygens (including phenoxy) is 1. The molecule has 3 nitrogen and oxygen atoms in total. The van der Waals surface area contributed by atoms with Crippen molar-refractivity contribution in [2.24, 2.45) is 0 Å². The monoisotopic (exact) mass is 274 g/mol. The van der Waals surface area contributed by atoms with Crippen LogP contribution in [0.3, 0.4) is 0 Å². The molecule has 0 spiro atoms. The number of nitrogens with one attached hydrogen (secondary N) is 1. The Bertz CT molecular complexity index is 409. The van der Waals surface area contributed by atoms with Crippen LogP contribution in [0, 0.1) is 0 Å². The Hall–Kier alpha value is -1.06. The lowest BCUT2D eigenvalue weighted by Gasteiger charge is -2.24. The second kappa shape index (κ2) is 7.09. The van der Waals surface area contributed by atoms with Gasteiger partial charge in [-0.05, 0) is 43.7 Å². The molecule has 3 rings (SSSR count). The summed E-state index contributed by atoms with van der Waals surface area (Å²) < 4.78 is 5.77. The summed E-state index contributed by atoms with van der Waals surface area (Å²) in [4.78, 5) is 2.52. The number of hydrogen-bond donors (Lipinski definition) is 1. The first-order valence-electron chi connectivity index (χ1n) is 8.08. The summed E-state index contributed by atoms with van der Waals surface area (Å²) in [6.07, 6.45) is 6.84. The second-order valence-corrected chi connectivity index (χ2v) is 5.94. The van der Waals surface area contributed by atoms with Crippen LogP contribution in [0.4, 0.5) is 5.69 Å². The zero-order valence-electron chi connectivity index (χ0n) is 12.3. The zero-order valence-corrected chi connectivity index (χ0v) is 12.3. The third kappa shape index (κ3) is 3.53. The van der Waals surface area contributed by atoms with Gasteiger partial charge in [0.15, 0.2) is 0 Å². The number of nitrogens with zero attached hydrogens (tertiary/aromatic N) is 1. The van der Waals surface area contributed by atoms with E-state index in [1.807, 2.05) is 0 Å². The average molecular weight is 274 g/mol. The Kier molecular flexibility index (Phi) is 4.93. The molecule has 0 amide bonds. The number of anilines is 1. The van der Waals surface area contributed by atoms with Gasteiger partial charge in [0.05, 0.1) is 6.10 Å². The van der Waals surface area contributed by atoms with Crippen molar-refractivity contribution in [1.82, 2.24) is 5.32 Å². The molecule has 1 N–H and O–H groups in total. The summed E-state index contributed by atoms with van der Waals surface area (Å²) in [5, 5.41) is 3.58. The van der Waals surface area contributed by atoms with Gasteiger partial charge in [0.1, 0.15) is 0 Å². The fourth-order valence-electron chi connectivity index (χ4n) is 3.26. The highest BCUT2D eigenvalue weighted by Gasteiger charge is 2.16. The van der Waals surface area contributed by atoms with Crippen molar-refractivity contribution in [1.29, 1.82) is 0 Å². The normalized spacial score (nSPS) is 23.2. The Morgan fingerprint density at radius 3 is 2.75 bits per heavy atom. The molecule has 2 aliphatic heterocycles. The number of hydrogen-bond acceptors (Lipinski definition) is 3. The molecule has 0 radical (unpaired) electrons. The number of benzene rings is 1. The van der Waals surface area contributed by atoms with Crippen LogP contribution in [0.25, 0.3) is 0 Å². The van der Waals surface area contributed by atoms with E-state index in [2.05, 4.69) is 34.5 Å². The van der Waals surface area contributed by atoms with Gasteiger partial charge in [-0.25, -0.2) is 0 Å². The minimum atomic E-state index is 0.419. The van der Waals surface area contributed by atoms with Gasteiger partial charge in [-0.15, -0.1) is 0 Å². The highest BCUT2D eigenvalue weighted by Crippen LogP contribution is 2.24. The van der Waals surface area contributed by atoms with Gasteiger partial charge >= 0.3 is 0 Å². The van der Waals surface area contributed by atoms with Crippen LogP contribution < -0.4 is 10.2 Å². The van der Waals surface area contributed by atoms with Crippen molar-refractivity contribution in [3.8, 4) is 0 Å². The average Bonchev–Trinajstić information content (AvgIpc) is 3.03. The van der Waals surface area contributed by atoms with Crippen molar-refractivity contribution in [2.75, 3.05) is 31.1 Å². The molecule has 2 fully saturated rings. The van der Waals surface area contributed by atoms with Crippen LogP contribution in [0.5, 0.6) is 0 Å². The van der Waals surface area contributed by atoms with Crippen LogP contribution in [0.2, 0.25) is 0 Å². The van der Waals surface area contributed by atoms with Crippen molar-refractivity contribution in [3.05, 3.63) is 29.8 Å². The molecule has 2 heterocycles. The molecule has 1 unspecified atom stereocenters. The van der Waals surface area contributed by atoms with E-state index < -0.39 is 0 Å². The van der Waals surface area contributed by atoms with Gasteiger partial charge in [-0.2, -0.15) is 0 Å². The predicted octanol–water partition coefficient (Wildman–Crippen LogP) is 2.95. The van der Waals surface area contributed by atoms with E-state index in [-0.39, 0.29) is 0 Å². The lowest BCUT2D eigenvalue weighted by Crippen LogP contribution is -2.32. The molecule has 0 bridgehead atoms. The number of rotatable bonds is 5. The molecule has 0 aromatic heterocycles. The molecule has 1 atom stereocenters. The van der Waals surface area contributed by atoms with E-state index in [1.54, 1.807) is 0 Å². The minimum absolute atomic E-state index is 0.419. The quantitative estimate of drug-likeness (QED) is 0.893. The topological polar surface area (TPSA) is 24.5 Å². The van der Waals surface area contributed by atoms with E-state index >= 15 is 0 Å². The molecular weight excluding hydrogens is 248 g/mol. The lowest BCUT2D eigenvalue weighted by molar-refractivity contribution is 0.0168. The highest BCUT2D eigenvalue weighted by atomic mass is 16.5. The van der Waals surface area contributed by atoms with Crippen molar-refractivity contribution >= 4 is 5.69 Å². The standard InChI is InChI=1S/C17H26N2O/c1-2-9-17(19-10-4-5-11-19)15(7-1)13-18-14-16-8-3-6-12-20-16/h1-2,7,9,16,18H,3-6,8,10-14H2. The highest BCUT2D eigenvalue weighted by molar-refractivity contribution is 5.54. The first-order chi connectivity index (χ1) is 9.93. The van der Waals surface area contributed by atoms with Crippen molar-refractivity contribution in [3.63, 3.8) is 0 Å². The molecule has 3 heteroatoms. The summed E-state index contributed by atoms with van der Waals surface area (Å²) in [5.41, 5.74) is 2.84. The third-order valence-corrected chi connectivity index (χ3v) is 4.40. The maximum Gasteiger partial charge on any atom is 0.0699 e. The van der Waals surface area contributed by atoms with E-state index in [0.717, 1.165) is 19.7 Å². The van der Waals surface area contributed by atoms with E-state index in [4.69, 9.17) is 4.74 Å². The van der Waals surface area contributed by atoms with E-state index in [9.17, 15) is 0 Å². The Morgan fingerprint density at radius 1 is 1.10 bits per heavy atom. The summed E-state index contributed by atoms with van der Waals surface area (Å²) in [5.74, 6) is 0. The van der Waals surface area contributed by atoms with Crippen LogP contribution in [-0.2, 0) is 11.3 Å². The first-order valence-corrected chi connectivity index (χ1v) is 8.08. The fourth-order valence-corrected chi connectivity index (χ4v) is 3.26. The molecule has 1 aromatic rings. The molecule has 2 aliphatic rings. The van der Waals surface area contributed by atoms with E-state index in [1.165, 1.54) is 56.4 Å². The number of para-hydroxylation sites is 1. The van der Waals surface area contributed by atoms with Crippen molar-refractivity contribution < 1.29 is 4.74 Å². The fraction of sp³-hybridized carbons (Fsp3) is 0.647. The second-order valence-electron chi connectivity index (χ2n) is 5.94. The predicted molar refractivity (Wildman–Crippen MR) is 83.2 cm³/mol. The zero-order chi connectivity index (χ0) is 13.6. The Morgan fingerprint density at radius 2 is 1.95 bits per heavy atom. The Labute approximate surface area is 122 Å². The summed E-state index contributed by atoms with van der Waals surface area (Å²) in [7, 11) is 0. The van der Waals surface area contributed by atoms with Gasteiger partial charge in [0.2, 0.25) is 0 Å². The molecule has 20 heavy (non-hydrogen) atoms. The maximum absolute atomic E-state index is 5.77. The van der Waals surface area contributed by atoms with Gasteiger partial charge in [0, 0.05) is 38.5 Å². The lowest BCUT2D eigenvalue weighted by atomic mass is 10.1. The largest absolute Gasteiger partial charge is 0.377 e. The van der Waals surface area contributed by atoms with Crippen LogP contribution in [0.1, 0.15) is 37.7 Å².